The molecular formula is C15H15N3O2S. The smallest absolute Gasteiger partial charge is 0.263 e. The van der Waals surface area contributed by atoms with Crippen molar-refractivity contribution >= 4 is 21.4 Å². The summed E-state index contributed by atoms with van der Waals surface area (Å²) in [6.07, 6.45) is 0. The average Bonchev–Trinajstić information content (AvgIpc) is 2.47. The molecule has 0 bridgehead atoms. The second-order valence-electron chi connectivity index (χ2n) is 4.65. The van der Waals surface area contributed by atoms with E-state index < -0.39 is 10.0 Å². The summed E-state index contributed by atoms with van der Waals surface area (Å²) in [5, 5.41) is 9.00. The summed E-state index contributed by atoms with van der Waals surface area (Å²) in [5.41, 5.74) is 1.54. The molecule has 5 nitrogen and oxygen atoms in total. The number of hydrogen-bond donors (Lipinski definition) is 1. The van der Waals surface area contributed by atoms with Crippen LogP contribution in [-0.2, 0) is 10.0 Å². The summed E-state index contributed by atoms with van der Waals surface area (Å²) in [6.45, 7) is 0. The summed E-state index contributed by atoms with van der Waals surface area (Å²) < 4.78 is 27.1. The minimum absolute atomic E-state index is 0.0239. The first-order chi connectivity index (χ1) is 9.94. The van der Waals surface area contributed by atoms with Gasteiger partial charge in [-0.25, -0.2) is 8.42 Å². The van der Waals surface area contributed by atoms with Crippen molar-refractivity contribution in [3.05, 3.63) is 54.1 Å². The van der Waals surface area contributed by atoms with Gasteiger partial charge in [0.15, 0.2) is 0 Å². The first-order valence-corrected chi connectivity index (χ1v) is 7.72. The maximum absolute atomic E-state index is 12.3. The number of benzene rings is 2. The third kappa shape index (κ3) is 3.33. The number of anilines is 2. The molecule has 0 heterocycles. The van der Waals surface area contributed by atoms with Crippen molar-refractivity contribution in [2.75, 3.05) is 23.7 Å². The predicted octanol–water partition coefficient (Wildman–Crippen LogP) is 2.43. The average molecular weight is 301 g/mol. The number of sulfonamides is 1. The van der Waals surface area contributed by atoms with Crippen LogP contribution in [0.1, 0.15) is 5.56 Å². The molecule has 108 valence electrons. The van der Waals surface area contributed by atoms with Gasteiger partial charge < -0.3 is 4.90 Å². The van der Waals surface area contributed by atoms with Crippen molar-refractivity contribution < 1.29 is 8.42 Å². The van der Waals surface area contributed by atoms with Crippen LogP contribution in [0.5, 0.6) is 0 Å². The Hall–Kier alpha value is -2.52. The first-order valence-electron chi connectivity index (χ1n) is 6.23. The van der Waals surface area contributed by atoms with E-state index in [0.29, 0.717) is 5.69 Å². The van der Waals surface area contributed by atoms with E-state index in [4.69, 9.17) is 5.26 Å². The fourth-order valence-corrected chi connectivity index (χ4v) is 3.05. The molecule has 6 heteroatoms. The summed E-state index contributed by atoms with van der Waals surface area (Å²) in [5.74, 6) is 0. The van der Waals surface area contributed by atoms with Crippen molar-refractivity contribution in [3.8, 4) is 6.07 Å². The molecule has 1 N–H and O–H groups in total. The van der Waals surface area contributed by atoms with E-state index in [9.17, 15) is 8.42 Å². The zero-order valence-corrected chi connectivity index (χ0v) is 12.6. The van der Waals surface area contributed by atoms with E-state index in [1.54, 1.807) is 24.3 Å². The molecule has 0 amide bonds. The molecule has 0 atom stereocenters. The zero-order valence-electron chi connectivity index (χ0n) is 11.7. The lowest BCUT2D eigenvalue weighted by Crippen LogP contribution is -2.14. The van der Waals surface area contributed by atoms with Crippen molar-refractivity contribution in [2.24, 2.45) is 0 Å². The summed E-state index contributed by atoms with van der Waals surface area (Å²) in [6, 6.07) is 15.0. The largest absolute Gasteiger partial charge is 0.378 e. The number of nitrogens with zero attached hydrogens (tertiary/aromatic N) is 2. The second kappa shape index (κ2) is 5.85. The molecule has 0 aromatic heterocycles. The first kappa shape index (κ1) is 14.9. The minimum atomic E-state index is -3.78. The maximum atomic E-state index is 12.3. The van der Waals surface area contributed by atoms with Crippen LogP contribution in [0.2, 0.25) is 0 Å². The Morgan fingerprint density at radius 1 is 1.05 bits per heavy atom. The lowest BCUT2D eigenvalue weighted by Gasteiger charge is -2.14. The number of hydrogen-bond acceptors (Lipinski definition) is 4. The Kier molecular flexibility index (Phi) is 4.15. The summed E-state index contributed by atoms with van der Waals surface area (Å²) in [7, 11) is 0.0349. The van der Waals surface area contributed by atoms with E-state index >= 15 is 0 Å². The fourth-order valence-electron chi connectivity index (χ4n) is 1.83. The molecule has 0 spiro atoms. The van der Waals surface area contributed by atoms with Gasteiger partial charge in [0.2, 0.25) is 0 Å². The van der Waals surface area contributed by atoms with Crippen molar-refractivity contribution in [3.63, 3.8) is 0 Å². The van der Waals surface area contributed by atoms with Crippen LogP contribution in [0.3, 0.4) is 0 Å². The maximum Gasteiger partial charge on any atom is 0.263 e. The van der Waals surface area contributed by atoms with Crippen molar-refractivity contribution in [2.45, 2.75) is 4.90 Å². The molecule has 0 aliphatic carbocycles. The highest BCUT2D eigenvalue weighted by atomic mass is 32.2. The third-order valence-electron chi connectivity index (χ3n) is 2.93. The van der Waals surface area contributed by atoms with E-state index in [1.165, 1.54) is 12.1 Å². The molecule has 0 saturated heterocycles. The molecule has 0 aliphatic heterocycles. The number of rotatable bonds is 4. The van der Waals surface area contributed by atoms with Crippen LogP contribution in [0.25, 0.3) is 0 Å². The highest BCUT2D eigenvalue weighted by molar-refractivity contribution is 7.92. The van der Waals surface area contributed by atoms with E-state index in [1.807, 2.05) is 37.2 Å². The fraction of sp³-hybridized carbons (Fsp3) is 0.133. The van der Waals surface area contributed by atoms with Gasteiger partial charge in [-0.15, -0.1) is 0 Å². The molecule has 0 saturated carbocycles. The van der Waals surface area contributed by atoms with Gasteiger partial charge >= 0.3 is 0 Å². The van der Waals surface area contributed by atoms with Crippen LogP contribution in [0.4, 0.5) is 11.4 Å². The summed E-state index contributed by atoms with van der Waals surface area (Å²) >= 11 is 0. The predicted molar refractivity (Wildman–Crippen MR) is 82.7 cm³/mol. The van der Waals surface area contributed by atoms with Gasteiger partial charge in [0.25, 0.3) is 10.0 Å². The monoisotopic (exact) mass is 301 g/mol. The summed E-state index contributed by atoms with van der Waals surface area (Å²) in [4.78, 5) is 1.90. The molecule has 2 aromatic rings. The Morgan fingerprint density at radius 3 is 2.24 bits per heavy atom. The quantitative estimate of drug-likeness (QED) is 0.941. The highest BCUT2D eigenvalue weighted by Crippen LogP contribution is 2.21. The Balaban J connectivity index is 2.31. The van der Waals surface area contributed by atoms with Gasteiger partial charge in [0, 0.05) is 25.5 Å². The molecular weight excluding hydrogens is 286 g/mol. The lowest BCUT2D eigenvalue weighted by atomic mass is 10.2. The Bertz CT molecular complexity index is 775. The SMILES string of the molecule is CN(C)c1ccc(NS(=O)(=O)c2ccccc2C#N)cc1. The minimum Gasteiger partial charge on any atom is -0.378 e. The van der Waals surface area contributed by atoms with Crippen LogP contribution < -0.4 is 9.62 Å². The number of nitriles is 1. The van der Waals surface area contributed by atoms with Gasteiger partial charge in [-0.3, -0.25) is 4.72 Å². The van der Waals surface area contributed by atoms with Gasteiger partial charge in [0.05, 0.1) is 5.56 Å². The van der Waals surface area contributed by atoms with Gasteiger partial charge in [-0.2, -0.15) is 5.26 Å². The zero-order chi connectivity index (χ0) is 15.5. The van der Waals surface area contributed by atoms with E-state index in [2.05, 4.69) is 4.72 Å². The molecule has 0 fully saturated rings. The highest BCUT2D eigenvalue weighted by Gasteiger charge is 2.18. The van der Waals surface area contributed by atoms with E-state index in [-0.39, 0.29) is 10.5 Å². The molecule has 2 rings (SSSR count). The van der Waals surface area contributed by atoms with Crippen molar-refractivity contribution in [1.82, 2.24) is 0 Å². The van der Waals surface area contributed by atoms with Gasteiger partial charge in [-0.05, 0) is 36.4 Å². The molecule has 2 aromatic carbocycles. The molecule has 0 unspecified atom stereocenters. The molecule has 21 heavy (non-hydrogen) atoms. The third-order valence-corrected chi connectivity index (χ3v) is 4.37. The molecule has 0 aliphatic rings. The van der Waals surface area contributed by atoms with Gasteiger partial charge in [-0.1, -0.05) is 12.1 Å². The topological polar surface area (TPSA) is 73.2 Å². The number of nitrogens with one attached hydrogen (secondary N) is 1. The molecule has 0 radical (unpaired) electrons. The van der Waals surface area contributed by atoms with E-state index in [0.717, 1.165) is 5.69 Å². The Morgan fingerprint density at radius 2 is 1.67 bits per heavy atom. The van der Waals surface area contributed by atoms with Crippen LogP contribution in [0, 0.1) is 11.3 Å². The second-order valence-corrected chi connectivity index (χ2v) is 6.31. The van der Waals surface area contributed by atoms with Crippen LogP contribution in [-0.4, -0.2) is 22.5 Å². The normalized spacial score (nSPS) is 10.7. The lowest BCUT2D eigenvalue weighted by molar-refractivity contribution is 0.601. The van der Waals surface area contributed by atoms with Crippen LogP contribution in [0.15, 0.2) is 53.4 Å². The van der Waals surface area contributed by atoms with Crippen molar-refractivity contribution in [1.29, 1.82) is 5.26 Å². The van der Waals surface area contributed by atoms with Crippen LogP contribution >= 0.6 is 0 Å². The van der Waals surface area contributed by atoms with Gasteiger partial charge in [0.1, 0.15) is 11.0 Å². The Labute approximate surface area is 124 Å². The standard InChI is InChI=1S/C15H15N3O2S/c1-18(2)14-9-7-13(8-10-14)17-21(19,20)15-6-4-3-5-12(15)11-16/h3-10,17H,1-2H3.